The number of ether oxygens (including phenoxy) is 1. The number of anilines is 1. The van der Waals surface area contributed by atoms with Gasteiger partial charge in [-0.05, 0) is 47.0 Å². The van der Waals surface area contributed by atoms with Crippen LogP contribution in [0.3, 0.4) is 0 Å². The number of nitrogens with zero attached hydrogens (tertiary/aromatic N) is 3. The summed E-state index contributed by atoms with van der Waals surface area (Å²) in [6, 6.07) is 0.443. The van der Waals surface area contributed by atoms with Gasteiger partial charge < -0.3 is 15.0 Å². The van der Waals surface area contributed by atoms with E-state index in [4.69, 9.17) is 4.74 Å². The maximum absolute atomic E-state index is 12.5. The molecule has 0 saturated carbocycles. The zero-order chi connectivity index (χ0) is 16.9. The summed E-state index contributed by atoms with van der Waals surface area (Å²) in [7, 11) is 0. The van der Waals surface area contributed by atoms with E-state index in [0.717, 1.165) is 37.4 Å². The van der Waals surface area contributed by atoms with Gasteiger partial charge in [0.2, 0.25) is 5.13 Å². The minimum atomic E-state index is -0.454. The molecule has 2 unspecified atom stereocenters. The fourth-order valence-electron chi connectivity index (χ4n) is 2.90. The van der Waals surface area contributed by atoms with Gasteiger partial charge in [-0.25, -0.2) is 4.79 Å². The van der Waals surface area contributed by atoms with Crippen LogP contribution in [0.25, 0.3) is 0 Å². The summed E-state index contributed by atoms with van der Waals surface area (Å²) in [5, 5.41) is 12.1. The molecule has 0 spiro atoms. The van der Waals surface area contributed by atoms with Crippen molar-refractivity contribution in [3.8, 4) is 0 Å². The molecule has 6 nitrogen and oxygen atoms in total. The van der Waals surface area contributed by atoms with Gasteiger partial charge in [-0.3, -0.25) is 0 Å². The normalized spacial score (nSPS) is 20.7. The standard InChI is InChI=1S/C16H28N4O2S/c1-12(18-14-19-17-11-23-14)10-13-8-6-5-7-9-20(13)15(21)22-16(2,3)4/h11-13H,5-10H2,1-4H3,(H,18,19). The Morgan fingerprint density at radius 1 is 1.48 bits per heavy atom. The van der Waals surface area contributed by atoms with Gasteiger partial charge in [0.05, 0.1) is 0 Å². The van der Waals surface area contributed by atoms with Crippen molar-refractivity contribution < 1.29 is 9.53 Å². The number of likely N-dealkylation sites (tertiary alicyclic amines) is 1. The highest BCUT2D eigenvalue weighted by Gasteiger charge is 2.30. The van der Waals surface area contributed by atoms with Crippen LogP contribution >= 0.6 is 11.3 Å². The van der Waals surface area contributed by atoms with Crippen LogP contribution in [0.1, 0.15) is 59.8 Å². The third-order valence-electron chi connectivity index (χ3n) is 3.86. The Hall–Kier alpha value is -1.37. The lowest BCUT2D eigenvalue weighted by Gasteiger charge is -2.33. The van der Waals surface area contributed by atoms with Gasteiger partial charge in [0, 0.05) is 18.6 Å². The van der Waals surface area contributed by atoms with Gasteiger partial charge in [-0.1, -0.05) is 24.2 Å². The van der Waals surface area contributed by atoms with E-state index in [1.807, 2.05) is 25.7 Å². The maximum Gasteiger partial charge on any atom is 0.410 e. The lowest BCUT2D eigenvalue weighted by Crippen LogP contribution is -2.44. The van der Waals surface area contributed by atoms with E-state index in [0.29, 0.717) is 0 Å². The summed E-state index contributed by atoms with van der Waals surface area (Å²) in [5.41, 5.74) is 1.26. The largest absolute Gasteiger partial charge is 0.444 e. The molecule has 0 bridgehead atoms. The topological polar surface area (TPSA) is 67.3 Å². The third kappa shape index (κ3) is 5.97. The molecule has 1 aromatic rings. The van der Waals surface area contributed by atoms with Crippen molar-refractivity contribution in [3.05, 3.63) is 5.51 Å². The lowest BCUT2D eigenvalue weighted by atomic mass is 10.0. The second-order valence-corrected chi connectivity index (χ2v) is 8.04. The molecule has 1 aromatic heterocycles. The van der Waals surface area contributed by atoms with Gasteiger partial charge in [-0.2, -0.15) is 0 Å². The summed E-state index contributed by atoms with van der Waals surface area (Å²) in [6.07, 6.45) is 5.12. The number of nitrogens with one attached hydrogen (secondary N) is 1. The zero-order valence-corrected chi connectivity index (χ0v) is 15.4. The molecular weight excluding hydrogens is 312 g/mol. The Bertz CT molecular complexity index is 487. The molecule has 1 N–H and O–H groups in total. The van der Waals surface area contributed by atoms with E-state index in [-0.39, 0.29) is 18.2 Å². The Kier molecular flexibility index (Phi) is 6.21. The second kappa shape index (κ2) is 7.95. The van der Waals surface area contributed by atoms with E-state index in [2.05, 4.69) is 22.4 Å². The number of carbonyl (C=O) groups is 1. The number of rotatable bonds is 4. The molecule has 0 aromatic carbocycles. The smallest absolute Gasteiger partial charge is 0.410 e. The van der Waals surface area contributed by atoms with Gasteiger partial charge in [0.25, 0.3) is 0 Å². The summed E-state index contributed by atoms with van der Waals surface area (Å²) in [4.78, 5) is 14.5. The molecule has 130 valence electrons. The maximum atomic E-state index is 12.5. The van der Waals surface area contributed by atoms with Crippen LogP contribution in [0.4, 0.5) is 9.93 Å². The van der Waals surface area contributed by atoms with Gasteiger partial charge >= 0.3 is 6.09 Å². The highest BCUT2D eigenvalue weighted by Crippen LogP contribution is 2.24. The average Bonchev–Trinajstić information content (AvgIpc) is 2.81. The van der Waals surface area contributed by atoms with Gasteiger partial charge in [0.1, 0.15) is 11.1 Å². The Morgan fingerprint density at radius 2 is 2.26 bits per heavy atom. The predicted molar refractivity (Wildman–Crippen MR) is 92.8 cm³/mol. The fourth-order valence-corrected chi connectivity index (χ4v) is 3.45. The zero-order valence-electron chi connectivity index (χ0n) is 14.5. The minimum absolute atomic E-state index is 0.187. The molecule has 1 aliphatic heterocycles. The van der Waals surface area contributed by atoms with Crippen molar-refractivity contribution in [2.75, 3.05) is 11.9 Å². The first-order chi connectivity index (χ1) is 10.8. The summed E-state index contributed by atoms with van der Waals surface area (Å²) in [6.45, 7) is 8.65. The van der Waals surface area contributed by atoms with Crippen molar-refractivity contribution in [2.45, 2.75) is 77.5 Å². The number of amides is 1. The summed E-state index contributed by atoms with van der Waals surface area (Å²) in [5.74, 6) is 0. The van der Waals surface area contributed by atoms with E-state index in [1.165, 1.54) is 17.8 Å². The molecule has 2 rings (SSSR count). The Morgan fingerprint density at radius 3 is 2.91 bits per heavy atom. The van der Waals surface area contributed by atoms with Crippen LogP contribution in [-0.4, -0.2) is 45.4 Å². The van der Waals surface area contributed by atoms with Crippen LogP contribution in [0, 0.1) is 0 Å². The van der Waals surface area contributed by atoms with Gasteiger partial charge in [0.15, 0.2) is 0 Å². The first-order valence-corrected chi connectivity index (χ1v) is 9.25. The van der Waals surface area contributed by atoms with Crippen LogP contribution in [0.15, 0.2) is 5.51 Å². The average molecular weight is 340 g/mol. The van der Waals surface area contributed by atoms with Crippen molar-refractivity contribution >= 4 is 22.6 Å². The molecule has 2 heterocycles. The van der Waals surface area contributed by atoms with Crippen molar-refractivity contribution in [1.82, 2.24) is 15.1 Å². The molecule has 2 atom stereocenters. The quantitative estimate of drug-likeness (QED) is 0.900. The second-order valence-electron chi connectivity index (χ2n) is 7.20. The number of aromatic nitrogens is 2. The summed E-state index contributed by atoms with van der Waals surface area (Å²) < 4.78 is 5.60. The van der Waals surface area contributed by atoms with E-state index >= 15 is 0 Å². The van der Waals surface area contributed by atoms with Crippen LogP contribution in [-0.2, 0) is 4.74 Å². The number of hydrogen-bond acceptors (Lipinski definition) is 6. The number of carbonyl (C=O) groups excluding carboxylic acids is 1. The molecule has 23 heavy (non-hydrogen) atoms. The lowest BCUT2D eigenvalue weighted by molar-refractivity contribution is 0.0155. The Balaban J connectivity index is 1.98. The SMILES string of the molecule is CC(CC1CCCCCN1C(=O)OC(C)(C)C)Nc1nncs1. The van der Waals surface area contributed by atoms with Gasteiger partial charge in [-0.15, -0.1) is 10.2 Å². The van der Waals surface area contributed by atoms with Crippen molar-refractivity contribution in [2.24, 2.45) is 0 Å². The molecule has 0 aliphatic carbocycles. The number of hydrogen-bond donors (Lipinski definition) is 1. The molecule has 1 fully saturated rings. The molecule has 1 amide bonds. The van der Waals surface area contributed by atoms with Crippen LogP contribution < -0.4 is 5.32 Å². The molecule has 7 heteroatoms. The molecular formula is C16H28N4O2S. The van der Waals surface area contributed by atoms with E-state index in [9.17, 15) is 4.79 Å². The van der Waals surface area contributed by atoms with Crippen molar-refractivity contribution in [1.29, 1.82) is 0 Å². The van der Waals surface area contributed by atoms with E-state index < -0.39 is 5.60 Å². The first-order valence-electron chi connectivity index (χ1n) is 8.37. The fraction of sp³-hybridized carbons (Fsp3) is 0.812. The third-order valence-corrected chi connectivity index (χ3v) is 4.48. The predicted octanol–water partition coefficient (Wildman–Crippen LogP) is 3.91. The molecule has 1 saturated heterocycles. The van der Waals surface area contributed by atoms with Crippen LogP contribution in [0.5, 0.6) is 0 Å². The molecule has 0 radical (unpaired) electrons. The highest BCUT2D eigenvalue weighted by molar-refractivity contribution is 7.13. The minimum Gasteiger partial charge on any atom is -0.444 e. The first kappa shape index (κ1) is 18.0. The summed E-state index contributed by atoms with van der Waals surface area (Å²) >= 11 is 1.49. The van der Waals surface area contributed by atoms with Crippen LogP contribution in [0.2, 0.25) is 0 Å². The monoisotopic (exact) mass is 340 g/mol. The highest BCUT2D eigenvalue weighted by atomic mass is 32.1. The molecule has 1 aliphatic rings. The Labute approximate surface area is 142 Å². The van der Waals surface area contributed by atoms with Crippen molar-refractivity contribution in [3.63, 3.8) is 0 Å². The van der Waals surface area contributed by atoms with E-state index in [1.54, 1.807) is 5.51 Å².